The van der Waals surface area contributed by atoms with Crippen LogP contribution in [0.2, 0.25) is 0 Å². The second-order valence-electron chi connectivity index (χ2n) is 6.07. The van der Waals surface area contributed by atoms with Crippen LogP contribution < -0.4 is 28.5 Å². The second kappa shape index (κ2) is 8.94. The van der Waals surface area contributed by atoms with E-state index in [0.717, 1.165) is 11.4 Å². The normalized spacial score (nSPS) is 10.8. The van der Waals surface area contributed by atoms with Crippen molar-refractivity contribution in [3.63, 3.8) is 0 Å². The Bertz CT molecular complexity index is 850. The third-order valence-corrected chi connectivity index (χ3v) is 3.77. The third kappa shape index (κ3) is 6.97. The maximum atomic E-state index is 8.49. The Balaban J connectivity index is 0.000000465. The van der Waals surface area contributed by atoms with Gasteiger partial charge in [-0.1, -0.05) is 18.2 Å². The average molecular weight is 389 g/mol. The Morgan fingerprint density at radius 2 is 1.15 bits per heavy atom. The first-order valence-electron chi connectivity index (χ1n) is 8.17. The minimum atomic E-state index is -4.94. The Kier molecular flexibility index (Phi) is 6.90. The van der Waals surface area contributed by atoms with Gasteiger partial charge < -0.3 is 5.32 Å². The van der Waals surface area contributed by atoms with Crippen molar-refractivity contribution in [1.82, 2.24) is 0 Å². The Morgan fingerprint density at radius 1 is 0.704 bits per heavy atom. The topological polar surface area (TPSA) is 108 Å². The zero-order chi connectivity index (χ0) is 20.0. The van der Waals surface area contributed by atoms with Crippen molar-refractivity contribution in [2.45, 2.75) is 20.8 Å². The zero-order valence-electron chi connectivity index (χ0n) is 15.3. The van der Waals surface area contributed by atoms with Crippen molar-refractivity contribution in [3.8, 4) is 5.69 Å². The van der Waals surface area contributed by atoms with Crippen molar-refractivity contribution in [2.75, 3.05) is 5.32 Å². The van der Waals surface area contributed by atoms with Crippen molar-refractivity contribution in [3.05, 3.63) is 83.7 Å². The molecule has 0 bridgehead atoms. The Hall–Kier alpha value is -2.48. The molecular weight excluding hydrogens is 368 g/mol. The standard InChI is InChI=1S/C20H21N2.ClHO4/c1-15-13-16(2)22(17(3)14-15)20-11-9-19(10-12-20)21-18-7-5-4-6-8-18;2-1(3,4)5/h4-14,21H,1-3H3;(H,2,3,4,5)/q+1;/p-1. The molecule has 3 aromatic rings. The van der Waals surface area contributed by atoms with E-state index in [-0.39, 0.29) is 0 Å². The molecule has 0 atom stereocenters. The number of hydrogen-bond acceptors (Lipinski definition) is 5. The number of nitrogens with zero attached hydrogens (tertiary/aromatic N) is 1. The van der Waals surface area contributed by atoms with Gasteiger partial charge in [0.1, 0.15) is 0 Å². The molecule has 2 aromatic carbocycles. The number of halogens is 1. The molecule has 27 heavy (non-hydrogen) atoms. The maximum absolute atomic E-state index is 8.49. The van der Waals surface area contributed by atoms with E-state index in [4.69, 9.17) is 18.6 Å². The number of benzene rings is 2. The molecule has 0 aliphatic rings. The van der Waals surface area contributed by atoms with Crippen LogP contribution in [0.4, 0.5) is 11.4 Å². The Morgan fingerprint density at radius 3 is 1.63 bits per heavy atom. The van der Waals surface area contributed by atoms with E-state index in [0.29, 0.717) is 0 Å². The number of hydrogen-bond donors (Lipinski definition) is 1. The summed E-state index contributed by atoms with van der Waals surface area (Å²) in [5.74, 6) is 0. The molecule has 0 saturated heterocycles. The van der Waals surface area contributed by atoms with Crippen molar-refractivity contribution in [2.24, 2.45) is 0 Å². The van der Waals surface area contributed by atoms with Gasteiger partial charge in [0.15, 0.2) is 11.4 Å². The van der Waals surface area contributed by atoms with E-state index < -0.39 is 10.2 Å². The first-order valence-corrected chi connectivity index (χ1v) is 9.41. The van der Waals surface area contributed by atoms with Gasteiger partial charge >= 0.3 is 0 Å². The summed E-state index contributed by atoms with van der Waals surface area (Å²) in [5.41, 5.74) is 7.19. The highest BCUT2D eigenvalue weighted by atomic mass is 35.7. The van der Waals surface area contributed by atoms with E-state index in [2.05, 4.69) is 79.2 Å². The number of anilines is 2. The van der Waals surface area contributed by atoms with Crippen LogP contribution >= 0.6 is 0 Å². The van der Waals surface area contributed by atoms with Gasteiger partial charge in [-0.15, -0.1) is 10.2 Å². The summed E-state index contributed by atoms with van der Waals surface area (Å²) in [4.78, 5) is 0. The van der Waals surface area contributed by atoms with Gasteiger partial charge in [0.2, 0.25) is 5.69 Å². The fourth-order valence-electron chi connectivity index (χ4n) is 2.90. The lowest BCUT2D eigenvalue weighted by atomic mass is 10.2. The summed E-state index contributed by atoms with van der Waals surface area (Å²) in [6, 6.07) is 23.2. The zero-order valence-corrected chi connectivity index (χ0v) is 16.1. The van der Waals surface area contributed by atoms with E-state index in [1.165, 1.54) is 22.6 Å². The lowest BCUT2D eigenvalue weighted by molar-refractivity contribution is -2.00. The minimum Gasteiger partial charge on any atom is -0.356 e. The molecule has 6 nitrogen and oxygen atoms in total. The van der Waals surface area contributed by atoms with Crippen LogP contribution in [0.1, 0.15) is 17.0 Å². The van der Waals surface area contributed by atoms with Gasteiger partial charge in [0.25, 0.3) is 0 Å². The van der Waals surface area contributed by atoms with E-state index in [1.54, 1.807) is 0 Å². The lowest BCUT2D eigenvalue weighted by Gasteiger charge is -2.17. The molecule has 7 heteroatoms. The molecule has 0 fully saturated rings. The fraction of sp³-hybridized carbons (Fsp3) is 0.150. The largest absolute Gasteiger partial charge is 0.356 e. The summed E-state index contributed by atoms with van der Waals surface area (Å²) < 4.78 is 36.2. The summed E-state index contributed by atoms with van der Waals surface area (Å²) in [7, 11) is -4.94. The molecule has 0 radical (unpaired) electrons. The highest BCUT2D eigenvalue weighted by Gasteiger charge is 2.14. The summed E-state index contributed by atoms with van der Waals surface area (Å²) >= 11 is 0. The molecule has 1 heterocycles. The first-order chi connectivity index (χ1) is 12.6. The lowest BCUT2D eigenvalue weighted by Crippen LogP contribution is -2.68. The number of aryl methyl sites for hydroxylation is 3. The van der Waals surface area contributed by atoms with E-state index in [1.807, 2.05) is 18.2 Å². The van der Waals surface area contributed by atoms with Crippen molar-refractivity contribution < 1.29 is 33.4 Å². The summed E-state index contributed by atoms with van der Waals surface area (Å²) in [5, 5.41) is 3.41. The highest BCUT2D eigenvalue weighted by molar-refractivity contribution is 5.60. The van der Waals surface area contributed by atoms with Crippen LogP contribution in [0.5, 0.6) is 0 Å². The molecule has 0 amide bonds. The van der Waals surface area contributed by atoms with Gasteiger partial charge in [-0.05, 0) is 36.8 Å². The molecule has 1 N–H and O–H groups in total. The molecule has 142 valence electrons. The number of aromatic nitrogens is 1. The molecule has 1 aromatic heterocycles. The highest BCUT2D eigenvalue weighted by Crippen LogP contribution is 2.17. The van der Waals surface area contributed by atoms with Crippen LogP contribution in [0, 0.1) is 31.0 Å². The number of rotatable bonds is 3. The van der Waals surface area contributed by atoms with Crippen LogP contribution in [-0.4, -0.2) is 0 Å². The number of pyridine rings is 1. The first kappa shape index (κ1) is 20.8. The SMILES string of the molecule is Cc1cc(C)[n+](-c2ccc(Nc3ccccc3)cc2)c(C)c1.[O-][Cl+3]([O-])([O-])[O-]. The maximum Gasteiger partial charge on any atom is 0.211 e. The van der Waals surface area contributed by atoms with Gasteiger partial charge in [-0.25, -0.2) is 18.6 Å². The predicted molar refractivity (Wildman–Crippen MR) is 91.9 cm³/mol. The molecule has 0 aliphatic heterocycles. The predicted octanol–water partition coefficient (Wildman–Crippen LogP) is -0.124. The third-order valence-electron chi connectivity index (χ3n) is 3.77. The molecule has 0 aliphatic carbocycles. The van der Waals surface area contributed by atoms with Gasteiger partial charge in [-0.3, -0.25) is 0 Å². The quantitative estimate of drug-likeness (QED) is 0.629. The smallest absolute Gasteiger partial charge is 0.211 e. The number of para-hydroxylation sites is 1. The average Bonchev–Trinajstić information content (AvgIpc) is 2.55. The molecule has 0 spiro atoms. The molecule has 3 rings (SSSR count). The van der Waals surface area contributed by atoms with Gasteiger partial charge in [0, 0.05) is 49.5 Å². The van der Waals surface area contributed by atoms with Gasteiger partial charge in [0.05, 0.1) is 0 Å². The monoisotopic (exact) mass is 388 g/mol. The van der Waals surface area contributed by atoms with E-state index >= 15 is 0 Å². The fourth-order valence-corrected chi connectivity index (χ4v) is 2.90. The molecular formula is C20H21ClN2O4. The van der Waals surface area contributed by atoms with Crippen molar-refractivity contribution >= 4 is 11.4 Å². The summed E-state index contributed by atoms with van der Waals surface area (Å²) in [6.07, 6.45) is 0. The molecule has 0 unspecified atom stereocenters. The molecule has 0 saturated carbocycles. The Labute approximate surface area is 160 Å². The van der Waals surface area contributed by atoms with Crippen LogP contribution in [0.25, 0.3) is 5.69 Å². The summed E-state index contributed by atoms with van der Waals surface area (Å²) in [6.45, 7) is 6.43. The number of nitrogens with one attached hydrogen (secondary N) is 1. The van der Waals surface area contributed by atoms with Crippen LogP contribution in [-0.2, 0) is 0 Å². The van der Waals surface area contributed by atoms with Crippen LogP contribution in [0.3, 0.4) is 0 Å². The van der Waals surface area contributed by atoms with Crippen molar-refractivity contribution in [1.29, 1.82) is 0 Å². The van der Waals surface area contributed by atoms with Crippen LogP contribution in [0.15, 0.2) is 66.7 Å². The second-order valence-corrected chi connectivity index (χ2v) is 6.82. The van der Waals surface area contributed by atoms with E-state index in [9.17, 15) is 0 Å². The van der Waals surface area contributed by atoms with Gasteiger partial charge in [-0.2, -0.15) is 4.57 Å². The minimum absolute atomic E-state index is 1.10.